The summed E-state index contributed by atoms with van der Waals surface area (Å²) >= 11 is 1.49. The molecule has 4 aliphatic rings. The van der Waals surface area contributed by atoms with Crippen molar-refractivity contribution in [2.24, 2.45) is 23.2 Å². The topological polar surface area (TPSA) is 26.3 Å². The molecule has 0 aromatic heterocycles. The van der Waals surface area contributed by atoms with E-state index in [0.717, 1.165) is 30.1 Å². The summed E-state index contributed by atoms with van der Waals surface area (Å²) in [6.45, 7) is -0.0294. The number of benzene rings is 1. The van der Waals surface area contributed by atoms with Crippen LogP contribution in [0.2, 0.25) is 0 Å². The van der Waals surface area contributed by atoms with E-state index in [2.05, 4.69) is 12.1 Å². The summed E-state index contributed by atoms with van der Waals surface area (Å²) in [4.78, 5) is 0. The molecule has 4 bridgehead atoms. The van der Waals surface area contributed by atoms with Crippen LogP contribution in [0.25, 0.3) is 0 Å². The number of rotatable bonds is 6. The Hall–Kier alpha value is -0.240. The van der Waals surface area contributed by atoms with Crippen molar-refractivity contribution in [1.82, 2.24) is 0 Å². The van der Waals surface area contributed by atoms with Gasteiger partial charge in [-0.15, -0.1) is 0 Å². The molecule has 2 nitrogen and oxygen atoms in total. The zero-order chi connectivity index (χ0) is 15.9. The first-order valence-electron chi connectivity index (χ1n) is 8.92. The van der Waals surface area contributed by atoms with Gasteiger partial charge in [0.2, 0.25) is 0 Å². The molecule has 5 rings (SSSR count). The molecule has 126 valence electrons. The van der Waals surface area contributed by atoms with E-state index in [4.69, 9.17) is 4.52 Å². The summed E-state index contributed by atoms with van der Waals surface area (Å²) < 4.78 is 18.9. The Morgan fingerprint density at radius 1 is 1.09 bits per heavy atom. The average Bonchev–Trinajstić information content (AvgIpc) is 2.51. The predicted octanol–water partition coefficient (Wildman–Crippen LogP) is 5.98. The molecule has 4 saturated carbocycles. The average molecular weight is 350 g/mol. The van der Waals surface area contributed by atoms with Crippen LogP contribution in [0.1, 0.15) is 44.1 Å². The third-order valence-electron chi connectivity index (χ3n) is 6.08. The SMILES string of the molecule is C[P@](=O)(OCC12CC3CC(CC(C3)C1)C2)SCc1ccccc1. The Morgan fingerprint density at radius 2 is 1.65 bits per heavy atom. The monoisotopic (exact) mass is 350 g/mol. The van der Waals surface area contributed by atoms with Crippen molar-refractivity contribution in [2.75, 3.05) is 13.3 Å². The minimum atomic E-state index is -2.56. The summed E-state index contributed by atoms with van der Waals surface area (Å²) in [5, 5.41) is 0. The van der Waals surface area contributed by atoms with Crippen molar-refractivity contribution < 1.29 is 9.09 Å². The molecular weight excluding hydrogens is 323 g/mol. The van der Waals surface area contributed by atoms with Crippen molar-refractivity contribution in [3.63, 3.8) is 0 Å². The lowest BCUT2D eigenvalue weighted by atomic mass is 9.50. The Kier molecular flexibility index (Phi) is 4.41. The van der Waals surface area contributed by atoms with Crippen LogP contribution < -0.4 is 0 Å². The van der Waals surface area contributed by atoms with E-state index in [1.165, 1.54) is 55.5 Å². The highest BCUT2D eigenvalue weighted by molar-refractivity contribution is 8.56. The van der Waals surface area contributed by atoms with Gasteiger partial charge in [-0.3, -0.25) is 4.57 Å². The molecule has 1 aromatic carbocycles. The molecular formula is C19H27O2PS. The van der Waals surface area contributed by atoms with E-state index in [1.54, 1.807) is 6.66 Å². The van der Waals surface area contributed by atoms with Crippen molar-refractivity contribution in [2.45, 2.75) is 44.3 Å². The number of hydrogen-bond acceptors (Lipinski definition) is 3. The van der Waals surface area contributed by atoms with Crippen molar-refractivity contribution >= 4 is 18.0 Å². The van der Waals surface area contributed by atoms with E-state index in [9.17, 15) is 4.57 Å². The third-order valence-corrected chi connectivity index (χ3v) is 9.72. The second-order valence-corrected chi connectivity index (χ2v) is 13.3. The lowest BCUT2D eigenvalue weighted by Crippen LogP contribution is -2.48. The van der Waals surface area contributed by atoms with E-state index < -0.39 is 6.57 Å². The van der Waals surface area contributed by atoms with Gasteiger partial charge in [0.05, 0.1) is 6.61 Å². The Balaban J connectivity index is 1.34. The first-order valence-corrected chi connectivity index (χ1v) is 12.6. The summed E-state index contributed by atoms with van der Waals surface area (Å²) in [6.07, 6.45) is 8.32. The van der Waals surface area contributed by atoms with Gasteiger partial charge >= 0.3 is 0 Å². The fourth-order valence-corrected chi connectivity index (χ4v) is 8.22. The Bertz CT molecular complexity index is 565. The van der Waals surface area contributed by atoms with Crippen LogP contribution in [0.15, 0.2) is 30.3 Å². The summed E-state index contributed by atoms with van der Waals surface area (Å²) in [6, 6.07) is 10.3. The van der Waals surface area contributed by atoms with Gasteiger partial charge in [-0.25, -0.2) is 0 Å². The largest absolute Gasteiger partial charge is 0.321 e. The lowest BCUT2D eigenvalue weighted by Gasteiger charge is -2.56. The van der Waals surface area contributed by atoms with E-state index in [0.29, 0.717) is 5.41 Å². The second-order valence-electron chi connectivity index (χ2n) is 8.22. The van der Waals surface area contributed by atoms with Crippen molar-refractivity contribution in [3.05, 3.63) is 35.9 Å². The molecule has 0 N–H and O–H groups in total. The Labute approximate surface area is 144 Å². The first kappa shape index (κ1) is 16.2. The molecule has 0 radical (unpaired) electrons. The van der Waals surface area contributed by atoms with Crippen LogP contribution in [-0.2, 0) is 14.8 Å². The quantitative estimate of drug-likeness (QED) is 0.591. The fraction of sp³-hybridized carbons (Fsp3) is 0.684. The molecule has 4 heteroatoms. The van der Waals surface area contributed by atoms with Crippen LogP contribution in [0, 0.1) is 23.2 Å². The molecule has 1 aromatic rings. The minimum absolute atomic E-state index is 0.355. The minimum Gasteiger partial charge on any atom is -0.321 e. The molecule has 0 heterocycles. The van der Waals surface area contributed by atoms with Gasteiger partial charge in [0.25, 0.3) is 6.57 Å². The third kappa shape index (κ3) is 3.72. The van der Waals surface area contributed by atoms with Crippen molar-refractivity contribution in [1.29, 1.82) is 0 Å². The molecule has 4 aliphatic carbocycles. The molecule has 0 unspecified atom stereocenters. The van der Waals surface area contributed by atoms with Gasteiger partial charge in [0.15, 0.2) is 0 Å². The van der Waals surface area contributed by atoms with Crippen molar-refractivity contribution in [3.8, 4) is 0 Å². The van der Waals surface area contributed by atoms with Gasteiger partial charge in [-0.05, 0) is 67.3 Å². The van der Waals surface area contributed by atoms with Gasteiger partial charge < -0.3 is 4.52 Å². The summed E-state index contributed by atoms with van der Waals surface area (Å²) in [7, 11) is 0. The lowest BCUT2D eigenvalue weighted by molar-refractivity contribution is -0.0735. The smallest absolute Gasteiger partial charge is 0.255 e. The molecule has 0 spiro atoms. The molecule has 1 atom stereocenters. The van der Waals surface area contributed by atoms with Gasteiger partial charge in [-0.2, -0.15) is 0 Å². The normalized spacial score (nSPS) is 37.7. The summed E-state index contributed by atoms with van der Waals surface area (Å²) in [5.74, 6) is 3.56. The van der Waals surface area contributed by atoms with E-state index in [1.807, 2.05) is 18.2 Å². The molecule has 0 saturated heterocycles. The van der Waals surface area contributed by atoms with Crippen LogP contribution >= 0.6 is 18.0 Å². The Morgan fingerprint density at radius 3 is 2.22 bits per heavy atom. The maximum atomic E-state index is 12.8. The van der Waals surface area contributed by atoms with Crippen LogP contribution in [0.3, 0.4) is 0 Å². The molecule has 0 aliphatic heterocycles. The van der Waals surface area contributed by atoms with E-state index in [-0.39, 0.29) is 0 Å². The highest BCUT2D eigenvalue weighted by atomic mass is 32.7. The van der Waals surface area contributed by atoms with Gasteiger partial charge in [0.1, 0.15) is 0 Å². The zero-order valence-electron chi connectivity index (χ0n) is 13.9. The molecule has 23 heavy (non-hydrogen) atoms. The fourth-order valence-electron chi connectivity index (χ4n) is 5.52. The van der Waals surface area contributed by atoms with Crippen LogP contribution in [0.4, 0.5) is 0 Å². The maximum absolute atomic E-state index is 12.8. The predicted molar refractivity (Wildman–Crippen MR) is 97.8 cm³/mol. The standard InChI is InChI=1S/C19H27O2PS/c1-22(20,23-13-15-5-3-2-4-6-15)21-14-19-10-16-7-17(11-19)9-18(8-16)12-19/h2-6,16-18H,7-14H2,1H3/t16?,17?,18?,19?,22-/m0/s1. The van der Waals surface area contributed by atoms with E-state index >= 15 is 0 Å². The molecule has 0 amide bonds. The van der Waals surface area contributed by atoms with Crippen LogP contribution in [0.5, 0.6) is 0 Å². The highest BCUT2D eigenvalue weighted by Crippen LogP contribution is 2.63. The summed E-state index contributed by atoms with van der Waals surface area (Å²) in [5.41, 5.74) is 1.58. The van der Waals surface area contributed by atoms with Crippen LogP contribution in [-0.4, -0.2) is 13.3 Å². The highest BCUT2D eigenvalue weighted by Gasteiger charge is 2.51. The number of hydrogen-bond donors (Lipinski definition) is 0. The van der Waals surface area contributed by atoms with Gasteiger partial charge in [-0.1, -0.05) is 41.7 Å². The maximum Gasteiger partial charge on any atom is 0.255 e. The first-order chi connectivity index (χ1) is 11.0. The molecule has 4 fully saturated rings. The zero-order valence-corrected chi connectivity index (χ0v) is 15.7. The second kappa shape index (κ2) is 6.24. The van der Waals surface area contributed by atoms with Gasteiger partial charge in [0, 0.05) is 12.4 Å².